The van der Waals surface area contributed by atoms with E-state index in [-0.39, 0.29) is 24.4 Å². The fourth-order valence-corrected chi connectivity index (χ4v) is 2.86. The number of anilines is 1. The number of likely N-dealkylation sites (N-methyl/N-ethyl adjacent to an activating group) is 1. The second-order valence-corrected chi connectivity index (χ2v) is 7.06. The molecule has 6 nitrogen and oxygen atoms in total. The summed E-state index contributed by atoms with van der Waals surface area (Å²) in [5, 5.41) is 6.24. The normalized spacial score (nSPS) is 12.9. The molecule has 2 atom stereocenters. The highest BCUT2D eigenvalue weighted by molar-refractivity contribution is 6.31. The van der Waals surface area contributed by atoms with Crippen molar-refractivity contribution in [2.24, 2.45) is 0 Å². The van der Waals surface area contributed by atoms with E-state index in [4.69, 9.17) is 16.3 Å². The van der Waals surface area contributed by atoms with Crippen molar-refractivity contribution in [3.63, 3.8) is 0 Å². The summed E-state index contributed by atoms with van der Waals surface area (Å²) in [5.41, 5.74) is 1.51. The Bertz CT molecular complexity index is 814. The molecule has 0 bridgehead atoms. The van der Waals surface area contributed by atoms with Gasteiger partial charge in [-0.1, -0.05) is 41.9 Å². The Balaban J connectivity index is 1.92. The number of ether oxygens (including phenoxy) is 1. The predicted molar refractivity (Wildman–Crippen MR) is 112 cm³/mol. The molecular weight excluding hydrogens is 378 g/mol. The average Bonchev–Trinajstić information content (AvgIpc) is 2.68. The Kier molecular flexibility index (Phi) is 7.84. The van der Waals surface area contributed by atoms with Crippen molar-refractivity contribution >= 4 is 29.1 Å². The maximum atomic E-state index is 12.5. The first-order chi connectivity index (χ1) is 13.3. The number of rotatable bonds is 8. The Morgan fingerprint density at radius 1 is 1.14 bits per heavy atom. The lowest BCUT2D eigenvalue weighted by Crippen LogP contribution is -2.46. The lowest BCUT2D eigenvalue weighted by Gasteiger charge is -2.25. The van der Waals surface area contributed by atoms with Crippen LogP contribution in [0.3, 0.4) is 0 Å². The third-order valence-corrected chi connectivity index (χ3v) is 4.76. The van der Waals surface area contributed by atoms with Gasteiger partial charge in [0.15, 0.2) is 0 Å². The van der Waals surface area contributed by atoms with E-state index in [1.165, 1.54) is 7.11 Å². The SMILES string of the molecule is COc1ccc(Cl)cc1NC(=O)CN(C)[C@@H](C)C(=O)N[C@H](C)c1ccccc1. The van der Waals surface area contributed by atoms with Gasteiger partial charge in [0.05, 0.1) is 31.4 Å². The van der Waals surface area contributed by atoms with Crippen LogP contribution in [0.1, 0.15) is 25.5 Å². The number of amides is 2. The monoisotopic (exact) mass is 403 g/mol. The molecule has 2 aromatic carbocycles. The van der Waals surface area contributed by atoms with E-state index in [1.807, 2.05) is 37.3 Å². The summed E-state index contributed by atoms with van der Waals surface area (Å²) in [6.45, 7) is 3.74. The summed E-state index contributed by atoms with van der Waals surface area (Å²) >= 11 is 5.98. The van der Waals surface area contributed by atoms with Crippen LogP contribution in [0.4, 0.5) is 5.69 Å². The van der Waals surface area contributed by atoms with Crippen LogP contribution >= 0.6 is 11.6 Å². The third-order valence-electron chi connectivity index (χ3n) is 4.53. The summed E-state index contributed by atoms with van der Waals surface area (Å²) in [6, 6.07) is 14.1. The smallest absolute Gasteiger partial charge is 0.238 e. The van der Waals surface area contributed by atoms with Gasteiger partial charge in [-0.2, -0.15) is 0 Å². The van der Waals surface area contributed by atoms with Crippen LogP contribution in [-0.2, 0) is 9.59 Å². The van der Waals surface area contributed by atoms with Crippen LogP contribution in [0, 0.1) is 0 Å². The summed E-state index contributed by atoms with van der Waals surface area (Å²) in [5.74, 6) is 0.105. The van der Waals surface area contributed by atoms with E-state index in [1.54, 1.807) is 37.1 Å². The molecule has 0 fully saturated rings. The molecule has 150 valence electrons. The molecule has 0 heterocycles. The molecule has 0 unspecified atom stereocenters. The highest BCUT2D eigenvalue weighted by atomic mass is 35.5. The Labute approximate surface area is 170 Å². The van der Waals surface area contributed by atoms with Crippen LogP contribution in [0.15, 0.2) is 48.5 Å². The zero-order valence-corrected chi connectivity index (χ0v) is 17.3. The number of carbonyl (C=O) groups excluding carboxylic acids is 2. The van der Waals surface area contributed by atoms with E-state index < -0.39 is 6.04 Å². The molecule has 2 aromatic rings. The van der Waals surface area contributed by atoms with E-state index >= 15 is 0 Å². The molecule has 0 radical (unpaired) electrons. The van der Waals surface area contributed by atoms with Gasteiger partial charge in [0.25, 0.3) is 0 Å². The van der Waals surface area contributed by atoms with Gasteiger partial charge in [-0.3, -0.25) is 14.5 Å². The van der Waals surface area contributed by atoms with Gasteiger partial charge in [0.1, 0.15) is 5.75 Å². The first kappa shape index (κ1) is 21.7. The maximum absolute atomic E-state index is 12.5. The fourth-order valence-electron chi connectivity index (χ4n) is 2.69. The number of hydrogen-bond acceptors (Lipinski definition) is 4. The molecule has 0 aliphatic carbocycles. The second-order valence-electron chi connectivity index (χ2n) is 6.62. The molecule has 2 N–H and O–H groups in total. The quantitative estimate of drug-likeness (QED) is 0.707. The minimum atomic E-state index is -0.474. The van der Waals surface area contributed by atoms with Crippen LogP contribution in [-0.4, -0.2) is 43.5 Å². The summed E-state index contributed by atoms with van der Waals surface area (Å²) in [7, 11) is 3.25. The number of hydrogen-bond donors (Lipinski definition) is 2. The van der Waals surface area contributed by atoms with E-state index in [0.717, 1.165) is 5.56 Å². The highest BCUT2D eigenvalue weighted by Gasteiger charge is 2.22. The number of methoxy groups -OCH3 is 1. The van der Waals surface area contributed by atoms with Crippen molar-refractivity contribution in [1.82, 2.24) is 10.2 Å². The van der Waals surface area contributed by atoms with Crippen molar-refractivity contribution in [1.29, 1.82) is 0 Å². The van der Waals surface area contributed by atoms with Crippen molar-refractivity contribution in [3.8, 4) is 5.75 Å². The molecule has 28 heavy (non-hydrogen) atoms. The zero-order chi connectivity index (χ0) is 20.7. The lowest BCUT2D eigenvalue weighted by atomic mass is 10.1. The van der Waals surface area contributed by atoms with Gasteiger partial charge in [-0.05, 0) is 44.7 Å². The standard InChI is InChI=1S/C21H26ClN3O3/c1-14(16-8-6-5-7-9-16)23-21(27)15(2)25(3)13-20(26)24-18-12-17(22)10-11-19(18)28-4/h5-12,14-15H,13H2,1-4H3,(H,23,27)(H,24,26)/t14-,15+/m1/s1. The fraction of sp³-hybridized carbons (Fsp3) is 0.333. The van der Waals surface area contributed by atoms with Crippen molar-refractivity contribution in [3.05, 3.63) is 59.1 Å². The maximum Gasteiger partial charge on any atom is 0.238 e. The van der Waals surface area contributed by atoms with E-state index in [2.05, 4.69) is 10.6 Å². The van der Waals surface area contributed by atoms with Gasteiger partial charge in [0.2, 0.25) is 11.8 Å². The number of nitrogens with one attached hydrogen (secondary N) is 2. The number of benzene rings is 2. The van der Waals surface area contributed by atoms with Crippen molar-refractivity contribution in [2.45, 2.75) is 25.9 Å². The molecule has 0 spiro atoms. The van der Waals surface area contributed by atoms with Gasteiger partial charge >= 0.3 is 0 Å². The minimum Gasteiger partial charge on any atom is -0.495 e. The summed E-state index contributed by atoms with van der Waals surface area (Å²) < 4.78 is 5.23. The van der Waals surface area contributed by atoms with Crippen LogP contribution in [0.2, 0.25) is 5.02 Å². The molecule has 0 aliphatic rings. The molecule has 7 heteroatoms. The molecule has 0 saturated heterocycles. The largest absolute Gasteiger partial charge is 0.495 e. The molecule has 2 amide bonds. The Morgan fingerprint density at radius 2 is 1.82 bits per heavy atom. The predicted octanol–water partition coefficient (Wildman–Crippen LogP) is 3.48. The van der Waals surface area contributed by atoms with Gasteiger partial charge < -0.3 is 15.4 Å². The summed E-state index contributed by atoms with van der Waals surface area (Å²) in [4.78, 5) is 26.6. The molecule has 0 aromatic heterocycles. The molecular formula is C21H26ClN3O3. The van der Waals surface area contributed by atoms with Gasteiger partial charge in [-0.25, -0.2) is 0 Å². The third kappa shape index (κ3) is 5.97. The molecule has 0 aliphatic heterocycles. The summed E-state index contributed by atoms with van der Waals surface area (Å²) in [6.07, 6.45) is 0. The number of carbonyl (C=O) groups is 2. The Hall–Kier alpha value is -2.57. The molecule has 2 rings (SSSR count). The van der Waals surface area contributed by atoms with Crippen LogP contribution in [0.25, 0.3) is 0 Å². The first-order valence-electron chi connectivity index (χ1n) is 9.00. The second kappa shape index (κ2) is 10.1. The van der Waals surface area contributed by atoms with E-state index in [9.17, 15) is 9.59 Å². The minimum absolute atomic E-state index is 0.0456. The number of nitrogens with zero attached hydrogens (tertiary/aromatic N) is 1. The van der Waals surface area contributed by atoms with Crippen LogP contribution in [0.5, 0.6) is 5.75 Å². The van der Waals surface area contributed by atoms with Crippen molar-refractivity contribution < 1.29 is 14.3 Å². The highest BCUT2D eigenvalue weighted by Crippen LogP contribution is 2.27. The average molecular weight is 404 g/mol. The number of halogens is 1. The first-order valence-corrected chi connectivity index (χ1v) is 9.38. The zero-order valence-electron chi connectivity index (χ0n) is 16.5. The van der Waals surface area contributed by atoms with Gasteiger partial charge in [0, 0.05) is 5.02 Å². The van der Waals surface area contributed by atoms with E-state index in [0.29, 0.717) is 16.5 Å². The molecule has 0 saturated carbocycles. The Morgan fingerprint density at radius 3 is 2.46 bits per heavy atom. The van der Waals surface area contributed by atoms with Crippen LogP contribution < -0.4 is 15.4 Å². The topological polar surface area (TPSA) is 70.7 Å². The lowest BCUT2D eigenvalue weighted by molar-refractivity contribution is -0.127. The van der Waals surface area contributed by atoms with Gasteiger partial charge in [-0.15, -0.1) is 0 Å². The van der Waals surface area contributed by atoms with Crippen molar-refractivity contribution in [2.75, 3.05) is 26.0 Å².